The lowest BCUT2D eigenvalue weighted by molar-refractivity contribution is 0.102. The fraction of sp³-hybridized carbons (Fsp3) is 0.0588. The molecule has 1 heterocycles. The lowest BCUT2D eigenvalue weighted by Gasteiger charge is -2.09. The molecular weight excluding hydrogens is 438 g/mol. The molecular formula is C17H14BrN3O3S2. The third kappa shape index (κ3) is 4.29. The summed E-state index contributed by atoms with van der Waals surface area (Å²) in [4.78, 5) is 16.3. The van der Waals surface area contributed by atoms with Crippen molar-refractivity contribution in [1.82, 2.24) is 4.98 Å². The molecule has 0 saturated heterocycles. The number of anilines is 2. The molecule has 3 rings (SSSR count). The summed E-state index contributed by atoms with van der Waals surface area (Å²) in [6.45, 7) is 1.94. The van der Waals surface area contributed by atoms with Gasteiger partial charge in [-0.1, -0.05) is 22.0 Å². The van der Waals surface area contributed by atoms with Crippen molar-refractivity contribution in [1.29, 1.82) is 0 Å². The Balaban J connectivity index is 1.73. The van der Waals surface area contributed by atoms with Gasteiger partial charge in [0.1, 0.15) is 0 Å². The van der Waals surface area contributed by atoms with Crippen LogP contribution in [0.25, 0.3) is 0 Å². The molecule has 0 saturated carbocycles. The highest BCUT2D eigenvalue weighted by molar-refractivity contribution is 9.10. The van der Waals surface area contributed by atoms with E-state index in [1.54, 1.807) is 17.5 Å². The van der Waals surface area contributed by atoms with E-state index in [0.717, 1.165) is 10.0 Å². The lowest BCUT2D eigenvalue weighted by Crippen LogP contribution is -2.14. The highest BCUT2D eigenvalue weighted by Crippen LogP contribution is 2.21. The minimum Gasteiger partial charge on any atom is -0.322 e. The van der Waals surface area contributed by atoms with E-state index >= 15 is 0 Å². The fourth-order valence-electron chi connectivity index (χ4n) is 2.10. The number of aromatic nitrogens is 1. The SMILES string of the molecule is Cc1ccc(C(=O)Nc2ccc(S(=O)(=O)Nc3nccs3)cc2)cc1Br. The predicted molar refractivity (Wildman–Crippen MR) is 106 cm³/mol. The highest BCUT2D eigenvalue weighted by atomic mass is 79.9. The molecule has 26 heavy (non-hydrogen) atoms. The van der Waals surface area contributed by atoms with E-state index in [9.17, 15) is 13.2 Å². The average molecular weight is 452 g/mol. The zero-order valence-corrected chi connectivity index (χ0v) is 16.8. The average Bonchev–Trinajstić information content (AvgIpc) is 3.10. The number of rotatable bonds is 5. The maximum absolute atomic E-state index is 12.3. The van der Waals surface area contributed by atoms with Crippen molar-refractivity contribution in [2.24, 2.45) is 0 Å². The van der Waals surface area contributed by atoms with Crippen LogP contribution in [0.4, 0.5) is 10.8 Å². The number of amides is 1. The Bertz CT molecular complexity index is 1030. The zero-order valence-electron chi connectivity index (χ0n) is 13.6. The number of benzene rings is 2. The van der Waals surface area contributed by atoms with Crippen molar-refractivity contribution in [3.05, 3.63) is 69.6 Å². The molecule has 0 spiro atoms. The van der Waals surface area contributed by atoms with Gasteiger partial charge in [0, 0.05) is 27.3 Å². The quantitative estimate of drug-likeness (QED) is 0.606. The molecule has 0 bridgehead atoms. The van der Waals surface area contributed by atoms with Crippen molar-refractivity contribution in [3.63, 3.8) is 0 Å². The normalized spacial score (nSPS) is 11.2. The van der Waals surface area contributed by atoms with Crippen LogP contribution in [-0.2, 0) is 10.0 Å². The summed E-state index contributed by atoms with van der Waals surface area (Å²) in [6, 6.07) is 11.2. The van der Waals surface area contributed by atoms with Crippen LogP contribution in [0, 0.1) is 6.92 Å². The van der Waals surface area contributed by atoms with Gasteiger partial charge >= 0.3 is 0 Å². The largest absolute Gasteiger partial charge is 0.322 e. The highest BCUT2D eigenvalue weighted by Gasteiger charge is 2.15. The minimum absolute atomic E-state index is 0.0868. The number of nitrogens with one attached hydrogen (secondary N) is 2. The third-order valence-electron chi connectivity index (χ3n) is 3.51. The number of nitrogens with zero attached hydrogens (tertiary/aromatic N) is 1. The molecule has 0 unspecified atom stereocenters. The second kappa shape index (κ2) is 7.56. The topological polar surface area (TPSA) is 88.2 Å². The Kier molecular flexibility index (Phi) is 5.40. The van der Waals surface area contributed by atoms with Crippen LogP contribution in [-0.4, -0.2) is 19.3 Å². The van der Waals surface area contributed by atoms with Crippen molar-refractivity contribution < 1.29 is 13.2 Å². The molecule has 2 aromatic carbocycles. The summed E-state index contributed by atoms with van der Waals surface area (Å²) >= 11 is 4.59. The monoisotopic (exact) mass is 451 g/mol. The molecule has 0 atom stereocenters. The molecule has 0 fully saturated rings. The van der Waals surface area contributed by atoms with Crippen LogP contribution in [0.15, 0.2) is 63.4 Å². The van der Waals surface area contributed by atoms with E-state index in [4.69, 9.17) is 0 Å². The lowest BCUT2D eigenvalue weighted by atomic mass is 10.1. The molecule has 0 radical (unpaired) electrons. The van der Waals surface area contributed by atoms with E-state index in [2.05, 4.69) is 31.0 Å². The van der Waals surface area contributed by atoms with Crippen LogP contribution in [0.2, 0.25) is 0 Å². The first kappa shape index (κ1) is 18.6. The van der Waals surface area contributed by atoms with Crippen LogP contribution >= 0.6 is 27.3 Å². The maximum atomic E-state index is 12.3. The standard InChI is InChI=1S/C17H14BrN3O3S2/c1-11-2-3-12(10-15(11)18)16(22)20-13-4-6-14(7-5-13)26(23,24)21-17-19-8-9-25-17/h2-10H,1H3,(H,19,21)(H,20,22). The van der Waals surface area contributed by atoms with E-state index in [0.29, 0.717) is 16.4 Å². The molecule has 2 N–H and O–H groups in total. The molecule has 6 nitrogen and oxygen atoms in total. The molecule has 3 aromatic rings. The summed E-state index contributed by atoms with van der Waals surface area (Å²) < 4.78 is 27.8. The van der Waals surface area contributed by atoms with Gasteiger partial charge in [-0.15, -0.1) is 11.3 Å². The Labute approximate surface area is 163 Å². The number of halogens is 1. The molecule has 134 valence electrons. The number of hydrogen-bond acceptors (Lipinski definition) is 5. The van der Waals surface area contributed by atoms with Gasteiger partial charge in [-0.25, -0.2) is 13.4 Å². The first-order valence-corrected chi connectivity index (χ1v) is 10.6. The van der Waals surface area contributed by atoms with Gasteiger partial charge in [-0.2, -0.15) is 0 Å². The predicted octanol–water partition coefficient (Wildman–Crippen LogP) is 4.27. The van der Waals surface area contributed by atoms with Gasteiger partial charge in [0.05, 0.1) is 4.90 Å². The van der Waals surface area contributed by atoms with Crippen molar-refractivity contribution in [3.8, 4) is 0 Å². The molecule has 0 aliphatic heterocycles. The number of carbonyl (C=O) groups excluding carboxylic acids is 1. The van der Waals surface area contributed by atoms with Gasteiger partial charge < -0.3 is 5.32 Å². The van der Waals surface area contributed by atoms with Crippen molar-refractivity contribution in [2.75, 3.05) is 10.0 Å². The Morgan fingerprint density at radius 3 is 2.50 bits per heavy atom. The van der Waals surface area contributed by atoms with Crippen LogP contribution in [0.5, 0.6) is 0 Å². The van der Waals surface area contributed by atoms with Crippen LogP contribution in [0.1, 0.15) is 15.9 Å². The summed E-state index contributed by atoms with van der Waals surface area (Å²) in [5.41, 5.74) is 2.04. The van der Waals surface area contributed by atoms with Crippen LogP contribution in [0.3, 0.4) is 0 Å². The van der Waals surface area contributed by atoms with Gasteiger partial charge in [0.25, 0.3) is 15.9 Å². The first-order chi connectivity index (χ1) is 12.3. The van der Waals surface area contributed by atoms with Crippen molar-refractivity contribution >= 4 is 54.0 Å². The molecule has 1 aromatic heterocycles. The van der Waals surface area contributed by atoms with Gasteiger partial charge in [0.15, 0.2) is 5.13 Å². The first-order valence-electron chi connectivity index (χ1n) is 7.45. The van der Waals surface area contributed by atoms with Crippen LogP contribution < -0.4 is 10.0 Å². The summed E-state index contributed by atoms with van der Waals surface area (Å²) in [5.74, 6) is -0.276. The Morgan fingerprint density at radius 1 is 1.15 bits per heavy atom. The number of aryl methyl sites for hydroxylation is 1. The van der Waals surface area contributed by atoms with E-state index in [-0.39, 0.29) is 10.8 Å². The van der Waals surface area contributed by atoms with E-state index in [1.807, 2.05) is 13.0 Å². The Morgan fingerprint density at radius 2 is 1.88 bits per heavy atom. The summed E-state index contributed by atoms with van der Waals surface area (Å²) in [7, 11) is -3.71. The number of thiazole rings is 1. The minimum atomic E-state index is -3.71. The fourth-order valence-corrected chi connectivity index (χ4v) is 4.27. The zero-order chi connectivity index (χ0) is 18.7. The second-order valence-electron chi connectivity index (χ2n) is 5.39. The van der Waals surface area contributed by atoms with E-state index < -0.39 is 10.0 Å². The molecule has 0 aliphatic carbocycles. The summed E-state index contributed by atoms with van der Waals surface area (Å²) in [6.07, 6.45) is 1.52. The maximum Gasteiger partial charge on any atom is 0.263 e. The van der Waals surface area contributed by atoms with Gasteiger partial charge in [-0.3, -0.25) is 9.52 Å². The van der Waals surface area contributed by atoms with Gasteiger partial charge in [-0.05, 0) is 48.9 Å². The Hall–Kier alpha value is -2.23. The van der Waals surface area contributed by atoms with E-state index in [1.165, 1.54) is 41.8 Å². The van der Waals surface area contributed by atoms with Gasteiger partial charge in [0.2, 0.25) is 0 Å². The van der Waals surface area contributed by atoms with Crippen molar-refractivity contribution in [2.45, 2.75) is 11.8 Å². The number of hydrogen-bond donors (Lipinski definition) is 2. The molecule has 9 heteroatoms. The molecule has 0 aliphatic rings. The number of carbonyl (C=O) groups is 1. The summed E-state index contributed by atoms with van der Waals surface area (Å²) in [5, 5.41) is 4.72. The number of sulfonamides is 1. The smallest absolute Gasteiger partial charge is 0.263 e. The molecule has 1 amide bonds. The second-order valence-corrected chi connectivity index (χ2v) is 8.82. The third-order valence-corrected chi connectivity index (χ3v) is 6.54.